The van der Waals surface area contributed by atoms with Gasteiger partial charge < -0.3 is 5.32 Å². The number of halogens is 3. The van der Waals surface area contributed by atoms with Gasteiger partial charge in [0.2, 0.25) is 0 Å². The van der Waals surface area contributed by atoms with E-state index in [1.165, 1.54) is 11.1 Å². The average molecular weight is 433 g/mol. The third kappa shape index (κ3) is 5.06. The van der Waals surface area contributed by atoms with Gasteiger partial charge in [-0.1, -0.05) is 34.5 Å². The predicted molar refractivity (Wildman–Crippen MR) is 95.8 cm³/mol. The van der Waals surface area contributed by atoms with Gasteiger partial charge in [-0.3, -0.25) is 4.98 Å². The summed E-state index contributed by atoms with van der Waals surface area (Å²) < 4.78 is 2.07. The second kappa shape index (κ2) is 8.28. The summed E-state index contributed by atoms with van der Waals surface area (Å²) in [6, 6.07) is 8.22. The van der Waals surface area contributed by atoms with E-state index in [4.69, 9.17) is 11.6 Å². The van der Waals surface area contributed by atoms with Crippen LogP contribution in [0.25, 0.3) is 0 Å². The van der Waals surface area contributed by atoms with E-state index in [0.29, 0.717) is 0 Å². The molecule has 1 aromatic carbocycles. The van der Waals surface area contributed by atoms with Crippen LogP contribution in [-0.2, 0) is 6.42 Å². The average Bonchev–Trinajstić information content (AvgIpc) is 2.46. The Hall–Kier alpha value is -0.420. The summed E-state index contributed by atoms with van der Waals surface area (Å²) in [5.41, 5.74) is 2.36. The van der Waals surface area contributed by atoms with E-state index in [1.807, 2.05) is 24.4 Å². The van der Waals surface area contributed by atoms with Crippen LogP contribution in [0.15, 0.2) is 45.6 Å². The van der Waals surface area contributed by atoms with Crippen molar-refractivity contribution in [3.63, 3.8) is 0 Å². The van der Waals surface area contributed by atoms with Crippen LogP contribution < -0.4 is 5.32 Å². The largest absolute Gasteiger partial charge is 0.310 e. The molecule has 1 aromatic heterocycles. The van der Waals surface area contributed by atoms with E-state index in [0.717, 1.165) is 33.4 Å². The van der Waals surface area contributed by atoms with E-state index in [2.05, 4.69) is 55.2 Å². The van der Waals surface area contributed by atoms with Gasteiger partial charge in [-0.15, -0.1) is 0 Å². The molecule has 0 fully saturated rings. The minimum absolute atomic E-state index is 0.203. The molecule has 2 aromatic rings. The Bertz CT molecular complexity index is 605. The van der Waals surface area contributed by atoms with Crippen molar-refractivity contribution in [2.45, 2.75) is 25.8 Å². The van der Waals surface area contributed by atoms with Crippen molar-refractivity contribution in [1.82, 2.24) is 10.3 Å². The molecule has 1 N–H and O–H groups in total. The SMILES string of the molecule is CCCNC(Cc1cncc(Br)c1)c1cc(Cl)ccc1Br. The van der Waals surface area contributed by atoms with E-state index in [9.17, 15) is 0 Å². The van der Waals surface area contributed by atoms with Gasteiger partial charge in [-0.2, -0.15) is 0 Å². The Morgan fingerprint density at radius 1 is 1.24 bits per heavy atom. The zero-order valence-corrected chi connectivity index (χ0v) is 15.7. The smallest absolute Gasteiger partial charge is 0.0410 e. The molecular formula is C16H17Br2ClN2. The Labute approximate surface area is 147 Å². The van der Waals surface area contributed by atoms with Crippen molar-refractivity contribution in [2.75, 3.05) is 6.54 Å². The van der Waals surface area contributed by atoms with Crippen LogP contribution in [0, 0.1) is 0 Å². The highest BCUT2D eigenvalue weighted by Gasteiger charge is 2.15. The first-order valence-corrected chi connectivity index (χ1v) is 8.84. The molecule has 21 heavy (non-hydrogen) atoms. The molecule has 2 rings (SSSR count). The number of nitrogens with zero attached hydrogens (tertiary/aromatic N) is 1. The van der Waals surface area contributed by atoms with Crippen molar-refractivity contribution >= 4 is 43.5 Å². The Balaban J connectivity index is 2.27. The van der Waals surface area contributed by atoms with Crippen LogP contribution in [0.5, 0.6) is 0 Å². The molecule has 0 aliphatic carbocycles. The molecule has 0 aliphatic rings. The third-order valence-electron chi connectivity index (χ3n) is 3.18. The van der Waals surface area contributed by atoms with Gasteiger partial charge in [-0.25, -0.2) is 0 Å². The van der Waals surface area contributed by atoms with Gasteiger partial charge in [0, 0.05) is 32.4 Å². The monoisotopic (exact) mass is 430 g/mol. The highest BCUT2D eigenvalue weighted by molar-refractivity contribution is 9.10. The molecule has 0 radical (unpaired) electrons. The molecule has 0 saturated carbocycles. The Morgan fingerprint density at radius 2 is 2.05 bits per heavy atom. The predicted octanol–water partition coefficient (Wildman–Crippen LogP) is 5.54. The fraction of sp³-hybridized carbons (Fsp3) is 0.312. The second-order valence-electron chi connectivity index (χ2n) is 4.89. The summed E-state index contributed by atoms with van der Waals surface area (Å²) in [7, 11) is 0. The summed E-state index contributed by atoms with van der Waals surface area (Å²) in [6.07, 6.45) is 5.66. The zero-order chi connectivity index (χ0) is 15.2. The lowest BCUT2D eigenvalue weighted by Gasteiger charge is -2.21. The highest BCUT2D eigenvalue weighted by Crippen LogP contribution is 2.29. The molecule has 2 nitrogen and oxygen atoms in total. The Morgan fingerprint density at radius 3 is 2.76 bits per heavy atom. The van der Waals surface area contributed by atoms with E-state index in [-0.39, 0.29) is 6.04 Å². The van der Waals surface area contributed by atoms with Crippen LogP contribution in [0.1, 0.15) is 30.5 Å². The van der Waals surface area contributed by atoms with Gasteiger partial charge in [-0.05, 0) is 70.7 Å². The molecular weight excluding hydrogens is 415 g/mol. The number of rotatable bonds is 6. The molecule has 0 saturated heterocycles. The van der Waals surface area contributed by atoms with Crippen molar-refractivity contribution in [2.24, 2.45) is 0 Å². The standard InChI is InChI=1S/C16H17Br2ClN2/c1-2-5-21-16(7-11-6-12(17)10-20-9-11)14-8-13(19)3-4-15(14)18/h3-4,6,8-10,16,21H,2,5,7H2,1H3. The van der Waals surface area contributed by atoms with E-state index in [1.54, 1.807) is 6.20 Å². The number of benzene rings is 1. The second-order valence-corrected chi connectivity index (χ2v) is 7.09. The lowest BCUT2D eigenvalue weighted by Crippen LogP contribution is -2.24. The number of aromatic nitrogens is 1. The summed E-state index contributed by atoms with van der Waals surface area (Å²) in [5, 5.41) is 4.34. The fourth-order valence-corrected chi connectivity index (χ4v) is 3.31. The van der Waals surface area contributed by atoms with Crippen LogP contribution in [0.3, 0.4) is 0 Å². The van der Waals surface area contributed by atoms with Crippen molar-refractivity contribution in [3.8, 4) is 0 Å². The summed E-state index contributed by atoms with van der Waals surface area (Å²) in [6.45, 7) is 3.13. The molecule has 0 bridgehead atoms. The molecule has 0 aliphatic heterocycles. The number of nitrogens with one attached hydrogen (secondary N) is 1. The topological polar surface area (TPSA) is 24.9 Å². The fourth-order valence-electron chi connectivity index (χ4n) is 2.20. The Kier molecular flexibility index (Phi) is 6.68. The maximum Gasteiger partial charge on any atom is 0.0410 e. The summed E-state index contributed by atoms with van der Waals surface area (Å²) in [4.78, 5) is 4.24. The molecule has 1 heterocycles. The first kappa shape index (κ1) is 16.9. The minimum atomic E-state index is 0.203. The van der Waals surface area contributed by atoms with Crippen LogP contribution in [-0.4, -0.2) is 11.5 Å². The zero-order valence-electron chi connectivity index (χ0n) is 11.7. The molecule has 112 valence electrons. The van der Waals surface area contributed by atoms with Crippen molar-refractivity contribution in [1.29, 1.82) is 0 Å². The first-order valence-electron chi connectivity index (χ1n) is 6.88. The maximum absolute atomic E-state index is 6.15. The molecule has 0 spiro atoms. The number of hydrogen-bond acceptors (Lipinski definition) is 2. The van der Waals surface area contributed by atoms with Gasteiger partial charge in [0.15, 0.2) is 0 Å². The summed E-state index contributed by atoms with van der Waals surface area (Å²) >= 11 is 13.3. The number of hydrogen-bond donors (Lipinski definition) is 1. The quantitative estimate of drug-likeness (QED) is 0.648. The van der Waals surface area contributed by atoms with Gasteiger partial charge in [0.25, 0.3) is 0 Å². The van der Waals surface area contributed by atoms with E-state index >= 15 is 0 Å². The van der Waals surface area contributed by atoms with Gasteiger partial charge in [0.1, 0.15) is 0 Å². The van der Waals surface area contributed by atoms with Crippen molar-refractivity contribution in [3.05, 3.63) is 61.8 Å². The van der Waals surface area contributed by atoms with Crippen LogP contribution in [0.2, 0.25) is 5.02 Å². The van der Waals surface area contributed by atoms with E-state index < -0.39 is 0 Å². The molecule has 0 amide bonds. The van der Waals surface area contributed by atoms with Gasteiger partial charge >= 0.3 is 0 Å². The van der Waals surface area contributed by atoms with Gasteiger partial charge in [0.05, 0.1) is 0 Å². The normalized spacial score (nSPS) is 12.4. The third-order valence-corrected chi connectivity index (χ3v) is 4.57. The first-order chi connectivity index (χ1) is 10.1. The molecule has 1 unspecified atom stereocenters. The van der Waals surface area contributed by atoms with Crippen LogP contribution >= 0.6 is 43.5 Å². The lowest BCUT2D eigenvalue weighted by molar-refractivity contribution is 0.527. The van der Waals surface area contributed by atoms with Crippen LogP contribution in [0.4, 0.5) is 0 Å². The number of pyridine rings is 1. The molecule has 1 atom stereocenters. The highest BCUT2D eigenvalue weighted by atomic mass is 79.9. The maximum atomic E-state index is 6.15. The minimum Gasteiger partial charge on any atom is -0.310 e. The molecule has 5 heteroatoms. The van der Waals surface area contributed by atoms with Crippen molar-refractivity contribution < 1.29 is 0 Å². The lowest BCUT2D eigenvalue weighted by atomic mass is 9.99. The summed E-state index contributed by atoms with van der Waals surface area (Å²) in [5.74, 6) is 0.